The third-order valence-electron chi connectivity index (χ3n) is 7.13. The Bertz CT molecular complexity index is 1290. The summed E-state index contributed by atoms with van der Waals surface area (Å²) in [5.74, 6) is -0.187. The smallest absolute Gasteiger partial charge is 0.123 e. The van der Waals surface area contributed by atoms with Crippen molar-refractivity contribution < 1.29 is 9.13 Å². The molecule has 2 heterocycles. The van der Waals surface area contributed by atoms with Gasteiger partial charge in [-0.2, -0.15) is 0 Å². The first-order valence-corrected chi connectivity index (χ1v) is 12.2. The van der Waals surface area contributed by atoms with Crippen molar-refractivity contribution in [1.29, 1.82) is 0 Å². The Morgan fingerprint density at radius 1 is 0.971 bits per heavy atom. The molecule has 3 nitrogen and oxygen atoms in total. The van der Waals surface area contributed by atoms with E-state index in [0.29, 0.717) is 12.6 Å². The summed E-state index contributed by atoms with van der Waals surface area (Å²) in [5.41, 5.74) is 7.46. The maximum Gasteiger partial charge on any atom is 0.123 e. The van der Waals surface area contributed by atoms with Crippen LogP contribution in [-0.2, 0) is 17.8 Å². The van der Waals surface area contributed by atoms with Gasteiger partial charge in [0.15, 0.2) is 0 Å². The number of aromatic nitrogens is 1. The number of hydrogen-bond acceptors (Lipinski definition) is 2. The van der Waals surface area contributed by atoms with Crippen molar-refractivity contribution in [3.63, 3.8) is 0 Å². The molecule has 0 amide bonds. The quantitative estimate of drug-likeness (QED) is 0.293. The Labute approximate surface area is 201 Å². The number of aryl methyl sites for hydroxylation is 1. The first kappa shape index (κ1) is 22.8. The Hall–Kier alpha value is -2.95. The number of ether oxygens (including phenoxy) is 1. The molecule has 2 atom stereocenters. The molecule has 34 heavy (non-hydrogen) atoms. The number of rotatable bonds is 7. The molecule has 0 aliphatic carbocycles. The molecule has 4 heteroatoms. The van der Waals surface area contributed by atoms with E-state index >= 15 is 0 Å². The fourth-order valence-corrected chi connectivity index (χ4v) is 5.22. The maximum absolute atomic E-state index is 13.3. The molecule has 5 rings (SSSR count). The lowest BCUT2D eigenvalue weighted by Gasteiger charge is -2.30. The molecule has 0 bridgehead atoms. The second kappa shape index (κ2) is 9.36. The number of likely N-dealkylation sites (N-methyl/N-ethyl adjacent to an activating group) is 1. The van der Waals surface area contributed by atoms with Crippen LogP contribution in [-0.4, -0.2) is 29.6 Å². The van der Waals surface area contributed by atoms with Gasteiger partial charge in [0.1, 0.15) is 5.82 Å². The molecule has 0 N–H and O–H groups in total. The molecule has 1 aromatic heterocycles. The van der Waals surface area contributed by atoms with Crippen LogP contribution in [0.15, 0.2) is 72.9 Å². The van der Waals surface area contributed by atoms with Crippen LogP contribution >= 0.6 is 0 Å². The van der Waals surface area contributed by atoms with Gasteiger partial charge in [0.25, 0.3) is 0 Å². The molecule has 0 spiro atoms. The highest BCUT2D eigenvalue weighted by Gasteiger charge is 2.32. The van der Waals surface area contributed by atoms with Crippen LogP contribution in [0.1, 0.15) is 49.1 Å². The average molecular weight is 457 g/mol. The predicted molar refractivity (Wildman–Crippen MR) is 137 cm³/mol. The Morgan fingerprint density at radius 3 is 2.44 bits per heavy atom. The summed E-state index contributed by atoms with van der Waals surface area (Å²) in [4.78, 5) is 2.25. The van der Waals surface area contributed by atoms with Gasteiger partial charge in [-0.3, -0.25) is 0 Å². The number of halogens is 1. The van der Waals surface area contributed by atoms with Gasteiger partial charge >= 0.3 is 0 Å². The minimum absolute atomic E-state index is 0.0436. The van der Waals surface area contributed by atoms with Crippen LogP contribution in [0, 0.1) is 5.82 Å². The SMILES string of the molecule is CC(C)n1ccc2cc(-c3ccc4c(c3)COC4C(CCc3ccc(F)cc3)N(C)C)ccc21. The number of hydrogen-bond donors (Lipinski definition) is 0. The number of benzene rings is 3. The van der Waals surface area contributed by atoms with Gasteiger partial charge in [-0.15, -0.1) is 0 Å². The summed E-state index contributed by atoms with van der Waals surface area (Å²) in [6.07, 6.45) is 4.07. The number of nitrogens with zero attached hydrogens (tertiary/aromatic N) is 2. The van der Waals surface area contributed by atoms with Gasteiger partial charge in [-0.05, 0) is 105 Å². The molecule has 176 valence electrons. The largest absolute Gasteiger partial charge is 0.367 e. The zero-order valence-corrected chi connectivity index (χ0v) is 20.5. The molecule has 3 aromatic carbocycles. The molecule has 1 aliphatic heterocycles. The molecular formula is C30H33FN2O. The molecule has 1 aliphatic rings. The zero-order chi connectivity index (χ0) is 23.8. The van der Waals surface area contributed by atoms with E-state index in [1.54, 1.807) is 0 Å². The fourth-order valence-electron chi connectivity index (χ4n) is 5.22. The molecule has 0 saturated carbocycles. The monoisotopic (exact) mass is 456 g/mol. The Balaban J connectivity index is 1.37. The first-order chi connectivity index (χ1) is 16.4. The minimum Gasteiger partial charge on any atom is -0.367 e. The normalized spacial score (nSPS) is 16.5. The summed E-state index contributed by atoms with van der Waals surface area (Å²) in [6, 6.07) is 23.3. The van der Waals surface area contributed by atoms with E-state index in [0.717, 1.165) is 18.4 Å². The van der Waals surface area contributed by atoms with E-state index in [4.69, 9.17) is 4.74 Å². The van der Waals surface area contributed by atoms with E-state index < -0.39 is 0 Å². The van der Waals surface area contributed by atoms with Gasteiger partial charge in [0.05, 0.1) is 12.7 Å². The van der Waals surface area contributed by atoms with Gasteiger partial charge < -0.3 is 14.2 Å². The van der Waals surface area contributed by atoms with E-state index in [9.17, 15) is 4.39 Å². The van der Waals surface area contributed by atoms with Crippen LogP contribution in [0.3, 0.4) is 0 Å². The summed E-state index contributed by atoms with van der Waals surface area (Å²) in [5, 5.41) is 1.27. The van der Waals surface area contributed by atoms with Gasteiger partial charge in [-0.1, -0.05) is 30.3 Å². The predicted octanol–water partition coefficient (Wildman–Crippen LogP) is 7.16. The summed E-state index contributed by atoms with van der Waals surface area (Å²) >= 11 is 0. The second-order valence-corrected chi connectivity index (χ2v) is 9.93. The average Bonchev–Trinajstić information content (AvgIpc) is 3.44. The van der Waals surface area contributed by atoms with Crippen molar-refractivity contribution in [2.45, 2.75) is 51.5 Å². The second-order valence-electron chi connectivity index (χ2n) is 9.93. The third-order valence-corrected chi connectivity index (χ3v) is 7.13. The topological polar surface area (TPSA) is 17.4 Å². The molecule has 0 saturated heterocycles. The van der Waals surface area contributed by atoms with Gasteiger partial charge in [0, 0.05) is 29.2 Å². The highest BCUT2D eigenvalue weighted by atomic mass is 19.1. The van der Waals surface area contributed by atoms with E-state index in [2.05, 4.69) is 86.1 Å². The van der Waals surface area contributed by atoms with Crippen LogP contribution in [0.4, 0.5) is 4.39 Å². The van der Waals surface area contributed by atoms with Crippen LogP contribution < -0.4 is 0 Å². The molecular weight excluding hydrogens is 423 g/mol. The van der Waals surface area contributed by atoms with Gasteiger partial charge in [-0.25, -0.2) is 4.39 Å². The lowest BCUT2D eigenvalue weighted by molar-refractivity contribution is 0.00519. The highest BCUT2D eigenvalue weighted by molar-refractivity contribution is 5.86. The van der Waals surface area contributed by atoms with E-state index in [1.807, 2.05) is 12.1 Å². The fraction of sp³-hybridized carbons (Fsp3) is 0.333. The van der Waals surface area contributed by atoms with Crippen LogP contribution in [0.5, 0.6) is 0 Å². The lowest BCUT2D eigenvalue weighted by atomic mass is 9.92. The first-order valence-electron chi connectivity index (χ1n) is 12.2. The minimum atomic E-state index is -0.187. The summed E-state index contributed by atoms with van der Waals surface area (Å²) < 4.78 is 21.9. The summed E-state index contributed by atoms with van der Waals surface area (Å²) in [7, 11) is 4.23. The molecule has 0 radical (unpaired) electrons. The molecule has 0 fully saturated rings. The van der Waals surface area contributed by atoms with Crippen LogP contribution in [0.25, 0.3) is 22.0 Å². The lowest BCUT2D eigenvalue weighted by Crippen LogP contribution is -2.34. The molecule has 4 aromatic rings. The highest BCUT2D eigenvalue weighted by Crippen LogP contribution is 2.38. The van der Waals surface area contributed by atoms with Crippen LogP contribution in [0.2, 0.25) is 0 Å². The van der Waals surface area contributed by atoms with Gasteiger partial charge in [0.2, 0.25) is 0 Å². The van der Waals surface area contributed by atoms with E-state index in [-0.39, 0.29) is 18.0 Å². The Kier molecular flexibility index (Phi) is 6.28. The van der Waals surface area contributed by atoms with E-state index in [1.165, 1.54) is 45.3 Å². The van der Waals surface area contributed by atoms with Crippen molar-refractivity contribution in [1.82, 2.24) is 9.47 Å². The van der Waals surface area contributed by atoms with Crippen molar-refractivity contribution in [3.8, 4) is 11.1 Å². The van der Waals surface area contributed by atoms with Crippen molar-refractivity contribution in [3.05, 3.63) is 95.4 Å². The Morgan fingerprint density at radius 2 is 1.71 bits per heavy atom. The standard InChI is InChI=1S/C30H33FN2O/c1-20(2)33-16-15-24-17-23(9-14-28(24)33)22-8-12-27-25(18-22)19-34-30(27)29(32(3)4)13-7-21-5-10-26(31)11-6-21/h5-6,8-12,14-18,20,29-30H,7,13,19H2,1-4H3. The van der Waals surface area contributed by atoms with Crippen molar-refractivity contribution in [2.24, 2.45) is 0 Å². The van der Waals surface area contributed by atoms with Crippen molar-refractivity contribution in [2.75, 3.05) is 14.1 Å². The van der Waals surface area contributed by atoms with Crippen molar-refractivity contribution >= 4 is 10.9 Å². The maximum atomic E-state index is 13.3. The summed E-state index contributed by atoms with van der Waals surface area (Å²) in [6.45, 7) is 5.07. The molecule has 2 unspecified atom stereocenters. The third kappa shape index (κ3) is 4.40. The zero-order valence-electron chi connectivity index (χ0n) is 20.5. The number of fused-ring (bicyclic) bond motifs is 2.